The molecule has 0 fully saturated rings. The molecule has 0 amide bonds. The number of H-pyrrole nitrogens is 1. The minimum Gasteiger partial charge on any atom is -0.461 e. The summed E-state index contributed by atoms with van der Waals surface area (Å²) in [6, 6.07) is 1.51. The van der Waals surface area contributed by atoms with Crippen molar-refractivity contribution in [2.75, 3.05) is 13.2 Å². The van der Waals surface area contributed by atoms with E-state index in [9.17, 15) is 9.59 Å². The molecule has 0 spiro atoms. The maximum absolute atomic E-state index is 11.6. The van der Waals surface area contributed by atoms with Gasteiger partial charge < -0.3 is 14.5 Å². The summed E-state index contributed by atoms with van der Waals surface area (Å²) in [7, 11) is 0. The fraction of sp³-hybridized carbons (Fsp3) is 0.455. The Morgan fingerprint density at radius 1 is 1.62 bits per heavy atom. The number of aromatic nitrogens is 1. The van der Waals surface area contributed by atoms with Crippen LogP contribution in [0.1, 0.15) is 28.5 Å². The van der Waals surface area contributed by atoms with Gasteiger partial charge in [-0.1, -0.05) is 0 Å². The normalized spacial score (nSPS) is 14.3. The molecule has 0 bridgehead atoms. The third-order valence-corrected chi connectivity index (χ3v) is 2.48. The van der Waals surface area contributed by atoms with Crippen molar-refractivity contribution in [1.82, 2.24) is 4.98 Å². The molecule has 1 aliphatic heterocycles. The SMILES string of the molecule is CCOC(=O)c1[nH]c(=O)cc2c1COCC2. The molecule has 2 rings (SSSR count). The summed E-state index contributed by atoms with van der Waals surface area (Å²) in [6.07, 6.45) is 0.658. The third-order valence-electron chi connectivity index (χ3n) is 2.48. The number of esters is 1. The predicted octanol–water partition coefficient (Wildman–Crippen LogP) is 0.624. The standard InChI is InChI=1S/C11H13NO4/c1-2-16-11(14)10-8-6-15-4-3-7(8)5-9(13)12-10/h5H,2-4,6H2,1H3,(H,12,13). The second-order valence-corrected chi connectivity index (χ2v) is 3.54. The Balaban J connectivity index is 2.47. The molecule has 16 heavy (non-hydrogen) atoms. The van der Waals surface area contributed by atoms with Gasteiger partial charge in [0.05, 0.1) is 19.8 Å². The van der Waals surface area contributed by atoms with Crippen molar-refractivity contribution in [3.8, 4) is 0 Å². The molecule has 1 aromatic rings. The second kappa shape index (κ2) is 4.49. The molecule has 1 aliphatic rings. The molecule has 0 atom stereocenters. The van der Waals surface area contributed by atoms with Crippen LogP contribution in [0.25, 0.3) is 0 Å². The van der Waals surface area contributed by atoms with Gasteiger partial charge in [-0.15, -0.1) is 0 Å². The number of fused-ring (bicyclic) bond motifs is 1. The lowest BCUT2D eigenvalue weighted by Crippen LogP contribution is -2.23. The number of nitrogens with one attached hydrogen (secondary N) is 1. The largest absolute Gasteiger partial charge is 0.461 e. The highest BCUT2D eigenvalue weighted by molar-refractivity contribution is 5.89. The molecule has 2 heterocycles. The number of hydrogen-bond donors (Lipinski definition) is 1. The number of hydrogen-bond acceptors (Lipinski definition) is 4. The summed E-state index contributed by atoms with van der Waals surface area (Å²) in [5, 5.41) is 0. The minimum absolute atomic E-state index is 0.226. The first-order valence-electron chi connectivity index (χ1n) is 5.22. The van der Waals surface area contributed by atoms with Gasteiger partial charge in [0.25, 0.3) is 0 Å². The number of pyridine rings is 1. The van der Waals surface area contributed by atoms with Gasteiger partial charge in [-0.3, -0.25) is 4.79 Å². The molecule has 0 aliphatic carbocycles. The monoisotopic (exact) mass is 223 g/mol. The molecule has 0 unspecified atom stereocenters. The van der Waals surface area contributed by atoms with Crippen LogP contribution in [0, 0.1) is 0 Å². The van der Waals surface area contributed by atoms with Gasteiger partial charge in [0.1, 0.15) is 5.69 Å². The molecule has 1 aromatic heterocycles. The summed E-state index contributed by atoms with van der Waals surface area (Å²) in [6.45, 7) is 2.94. The lowest BCUT2D eigenvalue weighted by atomic mass is 10.0. The van der Waals surface area contributed by atoms with Crippen LogP contribution < -0.4 is 5.56 Å². The number of carbonyl (C=O) groups is 1. The molecule has 0 aromatic carbocycles. The number of carbonyl (C=O) groups excluding carboxylic acids is 1. The van der Waals surface area contributed by atoms with E-state index in [0.29, 0.717) is 19.6 Å². The van der Waals surface area contributed by atoms with Crippen molar-refractivity contribution in [3.05, 3.63) is 33.2 Å². The Hall–Kier alpha value is -1.62. The summed E-state index contributed by atoms with van der Waals surface area (Å²) >= 11 is 0. The maximum Gasteiger partial charge on any atom is 0.355 e. The molecule has 0 radical (unpaired) electrons. The van der Waals surface area contributed by atoms with Crippen molar-refractivity contribution in [1.29, 1.82) is 0 Å². The highest BCUT2D eigenvalue weighted by Crippen LogP contribution is 2.18. The molecular formula is C11H13NO4. The average molecular weight is 223 g/mol. The van der Waals surface area contributed by atoms with E-state index in [1.54, 1.807) is 6.92 Å². The van der Waals surface area contributed by atoms with Gasteiger partial charge in [-0.2, -0.15) is 0 Å². The lowest BCUT2D eigenvalue weighted by Gasteiger charge is -2.18. The van der Waals surface area contributed by atoms with Crippen LogP contribution >= 0.6 is 0 Å². The van der Waals surface area contributed by atoms with Gasteiger partial charge in [-0.05, 0) is 18.9 Å². The van der Waals surface area contributed by atoms with E-state index in [1.807, 2.05) is 0 Å². The zero-order valence-corrected chi connectivity index (χ0v) is 9.04. The predicted molar refractivity (Wildman–Crippen MR) is 56.4 cm³/mol. The van der Waals surface area contributed by atoms with E-state index >= 15 is 0 Å². The van der Waals surface area contributed by atoms with Crippen LogP contribution in [0.3, 0.4) is 0 Å². The van der Waals surface area contributed by atoms with E-state index in [-0.39, 0.29) is 17.9 Å². The van der Waals surface area contributed by atoms with Crippen molar-refractivity contribution < 1.29 is 14.3 Å². The fourth-order valence-corrected chi connectivity index (χ4v) is 1.76. The topological polar surface area (TPSA) is 68.4 Å². The summed E-state index contributed by atoms with van der Waals surface area (Å²) < 4.78 is 10.2. The molecule has 5 nitrogen and oxygen atoms in total. The molecule has 0 saturated carbocycles. The van der Waals surface area contributed by atoms with Gasteiger partial charge in [-0.25, -0.2) is 4.79 Å². The molecular weight excluding hydrogens is 210 g/mol. The summed E-state index contributed by atoms with van der Waals surface area (Å²) in [4.78, 5) is 25.5. The Morgan fingerprint density at radius 2 is 2.44 bits per heavy atom. The average Bonchev–Trinajstić information content (AvgIpc) is 2.28. The zero-order chi connectivity index (χ0) is 11.5. The fourth-order valence-electron chi connectivity index (χ4n) is 1.76. The van der Waals surface area contributed by atoms with Crippen LogP contribution in [0.2, 0.25) is 0 Å². The van der Waals surface area contributed by atoms with Crippen LogP contribution in [-0.4, -0.2) is 24.2 Å². The van der Waals surface area contributed by atoms with Crippen molar-refractivity contribution in [2.24, 2.45) is 0 Å². The lowest BCUT2D eigenvalue weighted by molar-refractivity contribution is 0.0506. The smallest absolute Gasteiger partial charge is 0.355 e. The van der Waals surface area contributed by atoms with E-state index in [1.165, 1.54) is 6.07 Å². The zero-order valence-electron chi connectivity index (χ0n) is 9.04. The number of rotatable bonds is 2. The first-order chi connectivity index (χ1) is 7.72. The first kappa shape index (κ1) is 10.9. The second-order valence-electron chi connectivity index (χ2n) is 3.54. The number of ether oxygens (including phenoxy) is 2. The third kappa shape index (κ3) is 1.99. The Kier molecular flexibility index (Phi) is 3.05. The van der Waals surface area contributed by atoms with Crippen molar-refractivity contribution >= 4 is 5.97 Å². The molecule has 1 N–H and O–H groups in total. The molecule has 86 valence electrons. The Morgan fingerprint density at radius 3 is 3.19 bits per heavy atom. The number of aromatic amines is 1. The van der Waals surface area contributed by atoms with Crippen LogP contribution in [-0.2, 0) is 22.5 Å². The van der Waals surface area contributed by atoms with Gasteiger partial charge in [0.15, 0.2) is 0 Å². The molecule has 0 saturated heterocycles. The van der Waals surface area contributed by atoms with E-state index < -0.39 is 5.97 Å². The van der Waals surface area contributed by atoms with E-state index in [2.05, 4.69) is 4.98 Å². The Bertz CT molecular complexity index is 464. The van der Waals surface area contributed by atoms with Gasteiger partial charge in [0, 0.05) is 11.6 Å². The van der Waals surface area contributed by atoms with Crippen molar-refractivity contribution in [2.45, 2.75) is 20.0 Å². The Labute approximate surface area is 92.4 Å². The highest BCUT2D eigenvalue weighted by atomic mass is 16.5. The van der Waals surface area contributed by atoms with Crippen LogP contribution in [0.5, 0.6) is 0 Å². The minimum atomic E-state index is -0.498. The summed E-state index contributed by atoms with van der Waals surface area (Å²) in [5.41, 5.74) is 1.56. The quantitative estimate of drug-likeness (QED) is 0.746. The van der Waals surface area contributed by atoms with Gasteiger partial charge in [0.2, 0.25) is 5.56 Å². The highest BCUT2D eigenvalue weighted by Gasteiger charge is 2.20. The van der Waals surface area contributed by atoms with E-state index in [4.69, 9.17) is 9.47 Å². The molecule has 5 heteroatoms. The van der Waals surface area contributed by atoms with Crippen LogP contribution in [0.4, 0.5) is 0 Å². The van der Waals surface area contributed by atoms with Crippen LogP contribution in [0.15, 0.2) is 10.9 Å². The summed E-state index contributed by atoms with van der Waals surface area (Å²) in [5.74, 6) is -0.498. The van der Waals surface area contributed by atoms with Gasteiger partial charge >= 0.3 is 5.97 Å². The van der Waals surface area contributed by atoms with Crippen molar-refractivity contribution in [3.63, 3.8) is 0 Å². The first-order valence-corrected chi connectivity index (χ1v) is 5.22. The maximum atomic E-state index is 11.6. The van der Waals surface area contributed by atoms with E-state index in [0.717, 1.165) is 11.1 Å².